The number of thiol groups is 1. The van der Waals surface area contributed by atoms with Crippen LogP contribution in [0.15, 0.2) is 29.1 Å². The van der Waals surface area contributed by atoms with Gasteiger partial charge >= 0.3 is 0 Å². The Hall–Kier alpha value is -1.55. The maximum absolute atomic E-state index is 12.3. The number of nitrogens with zero attached hydrogens (tertiary/aromatic N) is 2. The van der Waals surface area contributed by atoms with Crippen molar-refractivity contribution in [3.63, 3.8) is 0 Å². The van der Waals surface area contributed by atoms with Crippen molar-refractivity contribution in [1.29, 1.82) is 0 Å². The van der Waals surface area contributed by atoms with Crippen molar-refractivity contribution in [2.75, 3.05) is 0 Å². The van der Waals surface area contributed by atoms with Gasteiger partial charge in [-0.15, -0.1) is 0 Å². The van der Waals surface area contributed by atoms with Gasteiger partial charge in [-0.05, 0) is 38.0 Å². The van der Waals surface area contributed by atoms with Gasteiger partial charge < -0.3 is 0 Å². The van der Waals surface area contributed by atoms with Gasteiger partial charge in [-0.3, -0.25) is 4.79 Å². The number of aryl methyl sites for hydroxylation is 3. The molecule has 0 N–H and O–H groups in total. The first kappa shape index (κ1) is 15.8. The Bertz CT molecular complexity index is 692. The van der Waals surface area contributed by atoms with Gasteiger partial charge in [0.1, 0.15) is 0 Å². The number of benzene rings is 1. The Balaban J connectivity index is 2.58. The maximum atomic E-state index is 12.3. The lowest BCUT2D eigenvalue weighted by Crippen LogP contribution is -2.26. The first-order valence-electron chi connectivity index (χ1n) is 7.36. The molecule has 0 aliphatic rings. The summed E-state index contributed by atoms with van der Waals surface area (Å²) < 4.78 is 1.59. The zero-order valence-electron chi connectivity index (χ0n) is 12.9. The average molecular weight is 302 g/mol. The molecule has 2 aromatic rings. The molecule has 0 saturated carbocycles. The van der Waals surface area contributed by atoms with E-state index in [0.29, 0.717) is 17.9 Å². The monoisotopic (exact) mass is 302 g/mol. The average Bonchev–Trinajstić information content (AvgIpc) is 2.48. The van der Waals surface area contributed by atoms with Crippen LogP contribution in [0.4, 0.5) is 0 Å². The molecule has 112 valence electrons. The van der Waals surface area contributed by atoms with Crippen molar-refractivity contribution in [1.82, 2.24) is 9.78 Å². The lowest BCUT2D eigenvalue weighted by Gasteiger charge is -2.12. The molecule has 21 heavy (non-hydrogen) atoms. The van der Waals surface area contributed by atoms with Crippen LogP contribution in [-0.2, 0) is 12.3 Å². The van der Waals surface area contributed by atoms with E-state index in [4.69, 9.17) is 0 Å². The number of unbranched alkanes of at least 4 members (excludes halogenated alkanes) is 1. The van der Waals surface area contributed by atoms with Crippen LogP contribution in [0.3, 0.4) is 0 Å². The molecule has 0 atom stereocenters. The third-order valence-corrected chi connectivity index (χ3v) is 3.95. The molecule has 2 rings (SSSR count). The van der Waals surface area contributed by atoms with E-state index in [1.807, 2.05) is 6.07 Å². The maximum Gasteiger partial charge on any atom is 0.270 e. The van der Waals surface area contributed by atoms with Crippen LogP contribution >= 0.6 is 12.6 Å². The third kappa shape index (κ3) is 3.56. The minimum absolute atomic E-state index is 0.0208. The van der Waals surface area contributed by atoms with Crippen LogP contribution in [0.5, 0.6) is 0 Å². The molecular formula is C17H22N2OS. The summed E-state index contributed by atoms with van der Waals surface area (Å²) in [4.78, 5) is 12.3. The van der Waals surface area contributed by atoms with E-state index >= 15 is 0 Å². The first-order chi connectivity index (χ1) is 10.1. The SMILES string of the molecule is CCCCn1nc(-c2cc(C)ccc2C)cc(CS)c1=O. The van der Waals surface area contributed by atoms with Crippen molar-refractivity contribution >= 4 is 12.6 Å². The molecule has 0 unspecified atom stereocenters. The normalized spacial score (nSPS) is 10.9. The lowest BCUT2D eigenvalue weighted by molar-refractivity contribution is 0.542. The molecular weight excluding hydrogens is 280 g/mol. The standard InChI is InChI=1S/C17H22N2OS/c1-4-5-8-19-17(20)14(11-21)10-16(18-19)15-9-12(2)6-7-13(15)3/h6-7,9-10,21H,4-5,8,11H2,1-3H3. The summed E-state index contributed by atoms with van der Waals surface area (Å²) in [6.07, 6.45) is 1.99. The Morgan fingerprint density at radius 1 is 1.24 bits per heavy atom. The molecule has 0 fully saturated rings. The van der Waals surface area contributed by atoms with E-state index in [0.717, 1.165) is 24.1 Å². The fraction of sp³-hybridized carbons (Fsp3) is 0.412. The molecule has 4 heteroatoms. The molecule has 0 amide bonds. The molecule has 0 aliphatic heterocycles. The number of hydrogen-bond donors (Lipinski definition) is 1. The summed E-state index contributed by atoms with van der Waals surface area (Å²) in [6.45, 7) is 6.90. The van der Waals surface area contributed by atoms with E-state index in [2.05, 4.69) is 56.7 Å². The third-order valence-electron chi connectivity index (χ3n) is 3.61. The molecule has 0 radical (unpaired) electrons. The van der Waals surface area contributed by atoms with Crippen LogP contribution in [0, 0.1) is 13.8 Å². The smallest absolute Gasteiger partial charge is 0.267 e. The van der Waals surface area contributed by atoms with Gasteiger partial charge in [0.15, 0.2) is 0 Å². The molecule has 1 heterocycles. The van der Waals surface area contributed by atoms with E-state index in [9.17, 15) is 4.79 Å². The highest BCUT2D eigenvalue weighted by Gasteiger charge is 2.11. The highest BCUT2D eigenvalue weighted by atomic mass is 32.1. The second kappa shape index (κ2) is 6.94. The van der Waals surface area contributed by atoms with Crippen LogP contribution in [0.25, 0.3) is 11.3 Å². The van der Waals surface area contributed by atoms with Gasteiger partial charge in [-0.25, -0.2) is 4.68 Å². The minimum atomic E-state index is -0.0208. The van der Waals surface area contributed by atoms with Crippen LogP contribution in [0.2, 0.25) is 0 Å². The Morgan fingerprint density at radius 3 is 2.67 bits per heavy atom. The molecule has 0 spiro atoms. The van der Waals surface area contributed by atoms with Crippen molar-refractivity contribution in [2.45, 2.75) is 45.9 Å². The van der Waals surface area contributed by atoms with E-state index < -0.39 is 0 Å². The van der Waals surface area contributed by atoms with Gasteiger partial charge in [0.25, 0.3) is 5.56 Å². The summed E-state index contributed by atoms with van der Waals surface area (Å²) in [6, 6.07) is 8.17. The zero-order valence-corrected chi connectivity index (χ0v) is 13.8. The topological polar surface area (TPSA) is 34.9 Å². The Kier molecular flexibility index (Phi) is 5.23. The number of rotatable bonds is 5. The van der Waals surface area contributed by atoms with E-state index in [-0.39, 0.29) is 5.56 Å². The Morgan fingerprint density at radius 2 is 2.00 bits per heavy atom. The molecule has 0 saturated heterocycles. The Labute approximate surface area is 131 Å². The molecule has 3 nitrogen and oxygen atoms in total. The highest BCUT2D eigenvalue weighted by Crippen LogP contribution is 2.23. The highest BCUT2D eigenvalue weighted by molar-refractivity contribution is 7.79. The molecule has 1 aromatic heterocycles. The van der Waals surface area contributed by atoms with Gasteiger partial charge in [0.2, 0.25) is 0 Å². The fourth-order valence-electron chi connectivity index (χ4n) is 2.31. The van der Waals surface area contributed by atoms with E-state index in [1.54, 1.807) is 4.68 Å². The summed E-state index contributed by atoms with van der Waals surface area (Å²) in [5.74, 6) is 0.436. The number of aromatic nitrogens is 2. The second-order valence-corrected chi connectivity index (χ2v) is 5.73. The predicted octanol–water partition coefficient (Wildman–Crippen LogP) is 3.76. The van der Waals surface area contributed by atoms with Crippen LogP contribution in [-0.4, -0.2) is 9.78 Å². The zero-order chi connectivity index (χ0) is 15.4. The van der Waals surface area contributed by atoms with E-state index in [1.165, 1.54) is 11.1 Å². The van der Waals surface area contributed by atoms with Crippen LogP contribution < -0.4 is 5.56 Å². The molecule has 1 aromatic carbocycles. The summed E-state index contributed by atoms with van der Waals surface area (Å²) >= 11 is 4.28. The predicted molar refractivity (Wildman–Crippen MR) is 91.0 cm³/mol. The lowest BCUT2D eigenvalue weighted by atomic mass is 10.0. The fourth-order valence-corrected chi connectivity index (χ4v) is 2.54. The minimum Gasteiger partial charge on any atom is -0.267 e. The van der Waals surface area contributed by atoms with Crippen LogP contribution in [0.1, 0.15) is 36.5 Å². The summed E-state index contributed by atoms with van der Waals surface area (Å²) in [5.41, 5.74) is 4.99. The quantitative estimate of drug-likeness (QED) is 0.854. The van der Waals surface area contributed by atoms with Gasteiger partial charge in [0, 0.05) is 23.4 Å². The molecule has 0 bridgehead atoms. The van der Waals surface area contributed by atoms with Crippen molar-refractivity contribution in [2.24, 2.45) is 0 Å². The molecule has 0 aliphatic carbocycles. The number of hydrogen-bond acceptors (Lipinski definition) is 3. The summed E-state index contributed by atoms with van der Waals surface area (Å²) in [5, 5.41) is 4.56. The summed E-state index contributed by atoms with van der Waals surface area (Å²) in [7, 11) is 0. The van der Waals surface area contributed by atoms with Crippen molar-refractivity contribution < 1.29 is 0 Å². The first-order valence-corrected chi connectivity index (χ1v) is 7.99. The van der Waals surface area contributed by atoms with Crippen molar-refractivity contribution in [3.05, 3.63) is 51.3 Å². The van der Waals surface area contributed by atoms with Gasteiger partial charge in [-0.2, -0.15) is 17.7 Å². The second-order valence-electron chi connectivity index (χ2n) is 5.41. The largest absolute Gasteiger partial charge is 0.270 e. The van der Waals surface area contributed by atoms with Gasteiger partial charge in [-0.1, -0.05) is 31.0 Å². The van der Waals surface area contributed by atoms with Gasteiger partial charge in [0.05, 0.1) is 5.69 Å². The van der Waals surface area contributed by atoms with Crippen molar-refractivity contribution in [3.8, 4) is 11.3 Å².